The van der Waals surface area contributed by atoms with Crippen LogP contribution in [-0.4, -0.2) is 24.5 Å². The molecule has 1 aliphatic heterocycles. The first kappa shape index (κ1) is 13.9. The summed E-state index contributed by atoms with van der Waals surface area (Å²) in [6, 6.07) is 8.63. The number of rotatable bonds is 2. The molecule has 0 unspecified atom stereocenters. The quantitative estimate of drug-likeness (QED) is 0.616. The van der Waals surface area contributed by atoms with Crippen LogP contribution in [0.3, 0.4) is 0 Å². The van der Waals surface area contributed by atoms with E-state index in [-0.39, 0.29) is 5.97 Å². The molecule has 3 nitrogen and oxygen atoms in total. The van der Waals surface area contributed by atoms with E-state index in [2.05, 4.69) is 35.2 Å². The molecular weight excluding hydrogens is 262 g/mol. The molecule has 0 bridgehead atoms. The van der Waals surface area contributed by atoms with Gasteiger partial charge in [-0.1, -0.05) is 30.3 Å². The molecule has 3 heteroatoms. The highest BCUT2D eigenvalue weighted by Crippen LogP contribution is 2.31. The number of benzene rings is 1. The van der Waals surface area contributed by atoms with Gasteiger partial charge in [-0.3, -0.25) is 0 Å². The lowest BCUT2D eigenvalue weighted by Crippen LogP contribution is -2.31. The van der Waals surface area contributed by atoms with Gasteiger partial charge in [0.05, 0.1) is 7.11 Å². The first-order valence-corrected chi connectivity index (χ1v) is 7.58. The van der Waals surface area contributed by atoms with E-state index in [0.29, 0.717) is 0 Å². The molecule has 0 fully saturated rings. The lowest BCUT2D eigenvalue weighted by molar-refractivity contribution is -0.134. The van der Waals surface area contributed by atoms with Gasteiger partial charge in [0.1, 0.15) is 0 Å². The number of hydrogen-bond acceptors (Lipinski definition) is 3. The van der Waals surface area contributed by atoms with Crippen molar-refractivity contribution in [1.29, 1.82) is 0 Å². The first-order valence-electron chi connectivity index (χ1n) is 7.58. The van der Waals surface area contributed by atoms with Crippen molar-refractivity contribution < 1.29 is 9.53 Å². The maximum Gasteiger partial charge on any atom is 0.330 e. The zero-order valence-corrected chi connectivity index (χ0v) is 12.5. The normalized spacial score (nSPS) is 20.0. The molecule has 1 aliphatic carbocycles. The van der Waals surface area contributed by atoms with Gasteiger partial charge in [0.25, 0.3) is 0 Å². The Balaban J connectivity index is 1.84. The fourth-order valence-electron chi connectivity index (χ4n) is 3.17. The highest BCUT2D eigenvalue weighted by Gasteiger charge is 2.22. The first-order chi connectivity index (χ1) is 10.3. The number of esters is 1. The van der Waals surface area contributed by atoms with Gasteiger partial charge >= 0.3 is 5.97 Å². The molecule has 0 radical (unpaired) electrons. The molecule has 0 atom stereocenters. The van der Waals surface area contributed by atoms with Crippen molar-refractivity contribution >= 4 is 5.97 Å². The van der Waals surface area contributed by atoms with Crippen molar-refractivity contribution in [3.8, 4) is 0 Å². The topological polar surface area (TPSA) is 29.5 Å². The summed E-state index contributed by atoms with van der Waals surface area (Å²) in [5, 5.41) is 0. The predicted molar refractivity (Wildman–Crippen MR) is 82.6 cm³/mol. The number of ether oxygens (including phenoxy) is 1. The van der Waals surface area contributed by atoms with Crippen LogP contribution in [0.5, 0.6) is 0 Å². The monoisotopic (exact) mass is 283 g/mol. The Morgan fingerprint density at radius 3 is 2.86 bits per heavy atom. The molecule has 1 aromatic carbocycles. The number of carbonyl (C=O) groups excluding carboxylic acids is 1. The lowest BCUT2D eigenvalue weighted by atomic mass is 9.93. The van der Waals surface area contributed by atoms with Crippen LogP contribution in [0, 0.1) is 0 Å². The molecule has 110 valence electrons. The van der Waals surface area contributed by atoms with Crippen LogP contribution in [-0.2, 0) is 22.5 Å². The third kappa shape index (κ3) is 3.02. The van der Waals surface area contributed by atoms with E-state index in [4.69, 9.17) is 4.74 Å². The number of carbonyl (C=O) groups is 1. The SMILES string of the molecule is COC(=O)/C=C1\CCCC=C1N1CCc2ccccc2C1. The fraction of sp³-hybridized carbons (Fsp3) is 0.389. The number of fused-ring (bicyclic) bond motifs is 1. The zero-order chi connectivity index (χ0) is 14.7. The summed E-state index contributed by atoms with van der Waals surface area (Å²) in [5.41, 5.74) is 5.19. The lowest BCUT2D eigenvalue weighted by Gasteiger charge is -2.35. The van der Waals surface area contributed by atoms with Crippen molar-refractivity contribution in [2.45, 2.75) is 32.2 Å². The third-order valence-electron chi connectivity index (χ3n) is 4.28. The van der Waals surface area contributed by atoms with Crippen LogP contribution >= 0.6 is 0 Å². The molecule has 1 heterocycles. The maximum absolute atomic E-state index is 11.6. The van der Waals surface area contributed by atoms with E-state index in [1.165, 1.54) is 23.9 Å². The zero-order valence-electron chi connectivity index (χ0n) is 12.5. The Hall–Kier alpha value is -2.03. The van der Waals surface area contributed by atoms with E-state index in [1.54, 1.807) is 6.08 Å². The van der Waals surface area contributed by atoms with Gasteiger partial charge in [-0.25, -0.2) is 4.79 Å². The molecule has 0 amide bonds. The summed E-state index contributed by atoms with van der Waals surface area (Å²) in [5.74, 6) is -0.254. The molecule has 0 saturated carbocycles. The highest BCUT2D eigenvalue weighted by molar-refractivity contribution is 5.83. The van der Waals surface area contributed by atoms with E-state index < -0.39 is 0 Å². The molecule has 0 spiro atoms. The van der Waals surface area contributed by atoms with Gasteiger partial charge in [0, 0.05) is 24.9 Å². The molecule has 0 saturated heterocycles. The highest BCUT2D eigenvalue weighted by atomic mass is 16.5. The Kier molecular flexibility index (Phi) is 4.09. The van der Waals surface area contributed by atoms with E-state index in [1.807, 2.05) is 0 Å². The van der Waals surface area contributed by atoms with E-state index in [0.717, 1.165) is 44.3 Å². The predicted octanol–water partition coefficient (Wildman–Crippen LogP) is 3.21. The molecule has 0 aromatic heterocycles. The average molecular weight is 283 g/mol. The van der Waals surface area contributed by atoms with Crippen LogP contribution in [0.2, 0.25) is 0 Å². The Morgan fingerprint density at radius 2 is 2.05 bits per heavy atom. The summed E-state index contributed by atoms with van der Waals surface area (Å²) >= 11 is 0. The van der Waals surface area contributed by atoms with Gasteiger partial charge < -0.3 is 9.64 Å². The summed E-state index contributed by atoms with van der Waals surface area (Å²) in [4.78, 5) is 14.0. The second-order valence-electron chi connectivity index (χ2n) is 5.61. The van der Waals surface area contributed by atoms with Crippen molar-refractivity contribution in [2.24, 2.45) is 0 Å². The molecule has 21 heavy (non-hydrogen) atoms. The minimum Gasteiger partial charge on any atom is -0.466 e. The third-order valence-corrected chi connectivity index (χ3v) is 4.28. The minimum atomic E-state index is -0.254. The molecule has 0 N–H and O–H groups in total. The summed E-state index contributed by atoms with van der Waals surface area (Å²) in [6.07, 6.45) is 8.15. The largest absolute Gasteiger partial charge is 0.466 e. The Morgan fingerprint density at radius 1 is 1.24 bits per heavy atom. The second kappa shape index (κ2) is 6.17. The van der Waals surface area contributed by atoms with Crippen LogP contribution in [0.15, 0.2) is 47.7 Å². The van der Waals surface area contributed by atoms with Crippen molar-refractivity contribution in [3.05, 3.63) is 58.8 Å². The minimum absolute atomic E-state index is 0.254. The summed E-state index contributed by atoms with van der Waals surface area (Å²) in [6.45, 7) is 1.95. The van der Waals surface area contributed by atoms with Crippen molar-refractivity contribution in [2.75, 3.05) is 13.7 Å². The van der Waals surface area contributed by atoms with Crippen LogP contribution in [0.25, 0.3) is 0 Å². The maximum atomic E-state index is 11.6. The summed E-state index contributed by atoms with van der Waals surface area (Å²) in [7, 11) is 1.43. The Labute approximate surface area is 125 Å². The van der Waals surface area contributed by atoms with E-state index in [9.17, 15) is 4.79 Å². The number of allylic oxidation sites excluding steroid dienone is 2. The smallest absolute Gasteiger partial charge is 0.330 e. The second-order valence-corrected chi connectivity index (χ2v) is 5.61. The number of hydrogen-bond donors (Lipinski definition) is 0. The van der Waals surface area contributed by atoms with Gasteiger partial charge in [-0.05, 0) is 42.4 Å². The van der Waals surface area contributed by atoms with Crippen LogP contribution in [0.4, 0.5) is 0 Å². The number of methoxy groups -OCH3 is 1. The fourth-order valence-corrected chi connectivity index (χ4v) is 3.17. The van der Waals surface area contributed by atoms with Crippen LogP contribution in [0.1, 0.15) is 30.4 Å². The summed E-state index contributed by atoms with van der Waals surface area (Å²) < 4.78 is 4.78. The molecule has 3 rings (SSSR count). The average Bonchev–Trinajstić information content (AvgIpc) is 2.55. The van der Waals surface area contributed by atoms with Crippen molar-refractivity contribution in [1.82, 2.24) is 4.90 Å². The van der Waals surface area contributed by atoms with Gasteiger partial charge in [-0.2, -0.15) is 0 Å². The van der Waals surface area contributed by atoms with Crippen LogP contribution < -0.4 is 0 Å². The molecule has 1 aromatic rings. The van der Waals surface area contributed by atoms with Gasteiger partial charge in [0.2, 0.25) is 0 Å². The van der Waals surface area contributed by atoms with E-state index >= 15 is 0 Å². The number of nitrogens with zero attached hydrogens (tertiary/aromatic N) is 1. The van der Waals surface area contributed by atoms with Crippen molar-refractivity contribution in [3.63, 3.8) is 0 Å². The van der Waals surface area contributed by atoms with Gasteiger partial charge in [0.15, 0.2) is 0 Å². The van der Waals surface area contributed by atoms with Gasteiger partial charge in [-0.15, -0.1) is 0 Å². The Bertz CT molecular complexity index is 601. The molecule has 2 aliphatic rings. The molecular formula is C18H21NO2. The standard InChI is InChI=1S/C18H21NO2/c1-21-18(20)12-15-7-4-5-9-17(15)19-11-10-14-6-2-3-8-16(14)13-19/h2-3,6,8-9,12H,4-5,7,10-11,13H2,1H3/b15-12+.